The Morgan fingerprint density at radius 2 is 1.83 bits per heavy atom. The predicted octanol–water partition coefficient (Wildman–Crippen LogP) is 3.60. The number of phenols is 2. The van der Waals surface area contributed by atoms with Gasteiger partial charge < -0.3 is 15.1 Å². The third-order valence-corrected chi connectivity index (χ3v) is 3.66. The predicted molar refractivity (Wildman–Crippen MR) is 93.7 cm³/mol. The molecule has 0 heterocycles. The van der Waals surface area contributed by atoms with Crippen LogP contribution in [-0.2, 0) is 0 Å². The number of nitro groups is 1. The molecule has 0 bridgehead atoms. The third kappa shape index (κ3) is 3.81. The molecule has 2 aromatic rings. The Balaban J connectivity index is 2.25. The van der Waals surface area contributed by atoms with Crippen LogP contribution in [0.5, 0.6) is 11.5 Å². The van der Waals surface area contributed by atoms with Crippen molar-refractivity contribution >= 4 is 23.3 Å². The van der Waals surface area contributed by atoms with Crippen molar-refractivity contribution in [2.24, 2.45) is 4.99 Å². The molecule has 2 aromatic carbocycles. The number of nitrogens with zero attached hydrogens (tertiary/aromatic N) is 3. The van der Waals surface area contributed by atoms with Crippen molar-refractivity contribution in [2.45, 2.75) is 13.8 Å². The van der Waals surface area contributed by atoms with Crippen LogP contribution in [0.4, 0.5) is 17.1 Å². The molecule has 0 aliphatic carbocycles. The summed E-state index contributed by atoms with van der Waals surface area (Å²) >= 11 is 0. The molecular formula is C17H19N3O4. The molecule has 0 saturated carbocycles. The van der Waals surface area contributed by atoms with E-state index < -0.39 is 4.92 Å². The number of aliphatic imine (C=N–C) groups is 1. The van der Waals surface area contributed by atoms with Crippen molar-refractivity contribution in [3.8, 4) is 11.5 Å². The van der Waals surface area contributed by atoms with Gasteiger partial charge in [0.25, 0.3) is 5.69 Å². The maximum absolute atomic E-state index is 10.6. The molecule has 0 atom stereocenters. The first-order valence-corrected chi connectivity index (χ1v) is 7.55. The molecule has 2 N–H and O–H groups in total. The van der Waals surface area contributed by atoms with Crippen LogP contribution in [0, 0.1) is 10.1 Å². The Labute approximate surface area is 139 Å². The lowest BCUT2D eigenvalue weighted by molar-refractivity contribution is -0.384. The molecule has 0 aliphatic rings. The standard InChI is InChI=1S/C17H19N3O4/c1-3-19(4-2)13-6-5-12(16(21)9-13)11-18-15-8-7-14(20(23)24)10-17(15)22/h5-11,21-22H,3-4H2,1-2H3. The van der Waals surface area contributed by atoms with Gasteiger partial charge in [-0.05, 0) is 32.0 Å². The van der Waals surface area contributed by atoms with Crippen LogP contribution in [-0.4, -0.2) is 34.4 Å². The van der Waals surface area contributed by atoms with E-state index in [0.29, 0.717) is 5.56 Å². The molecule has 0 saturated heterocycles. The van der Waals surface area contributed by atoms with Crippen LogP contribution in [0.2, 0.25) is 0 Å². The molecule has 7 nitrogen and oxygen atoms in total. The number of nitro benzene ring substituents is 1. The summed E-state index contributed by atoms with van der Waals surface area (Å²) in [7, 11) is 0. The van der Waals surface area contributed by atoms with Gasteiger partial charge >= 0.3 is 0 Å². The van der Waals surface area contributed by atoms with E-state index in [0.717, 1.165) is 24.8 Å². The smallest absolute Gasteiger partial charge is 0.273 e. The van der Waals surface area contributed by atoms with E-state index in [2.05, 4.69) is 9.89 Å². The molecule has 0 aromatic heterocycles. The van der Waals surface area contributed by atoms with Crippen molar-refractivity contribution in [1.82, 2.24) is 0 Å². The van der Waals surface area contributed by atoms with E-state index in [-0.39, 0.29) is 22.9 Å². The Kier molecular flexibility index (Phi) is 5.36. The van der Waals surface area contributed by atoms with Gasteiger partial charge in [0.1, 0.15) is 17.2 Å². The lowest BCUT2D eigenvalue weighted by atomic mass is 10.1. The van der Waals surface area contributed by atoms with E-state index in [1.165, 1.54) is 18.3 Å². The van der Waals surface area contributed by atoms with Crippen molar-refractivity contribution in [1.29, 1.82) is 0 Å². The molecular weight excluding hydrogens is 310 g/mol. The first-order chi connectivity index (χ1) is 11.5. The van der Waals surface area contributed by atoms with Crippen LogP contribution in [0.3, 0.4) is 0 Å². The largest absolute Gasteiger partial charge is 0.507 e. The summed E-state index contributed by atoms with van der Waals surface area (Å²) in [5, 5.41) is 30.6. The van der Waals surface area contributed by atoms with Crippen LogP contribution >= 0.6 is 0 Å². The molecule has 0 aliphatic heterocycles. The van der Waals surface area contributed by atoms with Gasteiger partial charge in [-0.25, -0.2) is 0 Å². The van der Waals surface area contributed by atoms with Gasteiger partial charge in [0.15, 0.2) is 0 Å². The number of non-ortho nitro benzene ring substituents is 1. The lowest BCUT2D eigenvalue weighted by Gasteiger charge is -2.21. The van der Waals surface area contributed by atoms with Gasteiger partial charge in [-0.1, -0.05) is 0 Å². The number of phenolic OH excluding ortho intramolecular Hbond substituents is 2. The SMILES string of the molecule is CCN(CC)c1ccc(C=Nc2ccc([N+](=O)[O-])cc2O)c(O)c1. The Morgan fingerprint density at radius 1 is 1.12 bits per heavy atom. The highest BCUT2D eigenvalue weighted by Gasteiger charge is 2.10. The second-order valence-corrected chi connectivity index (χ2v) is 5.10. The van der Waals surface area contributed by atoms with Gasteiger partial charge in [0.2, 0.25) is 0 Å². The second-order valence-electron chi connectivity index (χ2n) is 5.10. The normalized spacial score (nSPS) is 10.9. The maximum atomic E-state index is 10.6. The van der Waals surface area contributed by atoms with Crippen LogP contribution in [0.25, 0.3) is 0 Å². The van der Waals surface area contributed by atoms with Crippen molar-refractivity contribution in [3.05, 3.63) is 52.1 Å². The fourth-order valence-corrected chi connectivity index (χ4v) is 2.30. The molecule has 0 unspecified atom stereocenters. The summed E-state index contributed by atoms with van der Waals surface area (Å²) in [5.41, 5.74) is 1.38. The minimum absolute atomic E-state index is 0.0737. The van der Waals surface area contributed by atoms with Crippen molar-refractivity contribution < 1.29 is 15.1 Å². The quantitative estimate of drug-likeness (QED) is 0.479. The molecule has 24 heavy (non-hydrogen) atoms. The number of hydrogen-bond donors (Lipinski definition) is 2. The summed E-state index contributed by atoms with van der Waals surface area (Å²) in [6.45, 7) is 5.74. The van der Waals surface area contributed by atoms with Crippen LogP contribution in [0.1, 0.15) is 19.4 Å². The summed E-state index contributed by atoms with van der Waals surface area (Å²) in [6.07, 6.45) is 1.40. The van der Waals surface area contributed by atoms with Crippen LogP contribution < -0.4 is 4.90 Å². The molecule has 2 rings (SSSR count). The number of aromatic hydroxyl groups is 2. The van der Waals surface area contributed by atoms with Crippen molar-refractivity contribution in [3.63, 3.8) is 0 Å². The number of rotatable bonds is 6. The van der Waals surface area contributed by atoms with E-state index in [4.69, 9.17) is 0 Å². The zero-order valence-corrected chi connectivity index (χ0v) is 13.5. The highest BCUT2D eigenvalue weighted by atomic mass is 16.6. The molecule has 0 spiro atoms. The minimum Gasteiger partial charge on any atom is -0.507 e. The maximum Gasteiger partial charge on any atom is 0.273 e. The molecule has 7 heteroatoms. The first-order valence-electron chi connectivity index (χ1n) is 7.55. The number of anilines is 1. The topological polar surface area (TPSA) is 99.2 Å². The average molecular weight is 329 g/mol. The fourth-order valence-electron chi connectivity index (χ4n) is 2.30. The minimum atomic E-state index is -0.592. The molecule has 0 fully saturated rings. The van der Waals surface area contributed by atoms with Gasteiger partial charge in [-0.2, -0.15) is 0 Å². The van der Waals surface area contributed by atoms with E-state index in [9.17, 15) is 20.3 Å². The van der Waals surface area contributed by atoms with Gasteiger partial charge in [-0.3, -0.25) is 15.1 Å². The average Bonchev–Trinajstić information content (AvgIpc) is 2.56. The summed E-state index contributed by atoms with van der Waals surface area (Å²) in [4.78, 5) is 16.2. The van der Waals surface area contributed by atoms with Gasteiger partial charge in [0, 0.05) is 42.7 Å². The number of hydrogen-bond acceptors (Lipinski definition) is 6. The fraction of sp³-hybridized carbons (Fsp3) is 0.235. The molecule has 126 valence electrons. The highest BCUT2D eigenvalue weighted by Crippen LogP contribution is 2.31. The zero-order valence-electron chi connectivity index (χ0n) is 13.5. The molecule has 0 radical (unpaired) electrons. The van der Waals surface area contributed by atoms with Crippen LogP contribution in [0.15, 0.2) is 41.4 Å². The summed E-state index contributed by atoms with van der Waals surface area (Å²) in [5.74, 6) is -0.218. The Hall–Kier alpha value is -3.09. The zero-order chi connectivity index (χ0) is 17.7. The third-order valence-electron chi connectivity index (χ3n) is 3.66. The summed E-state index contributed by atoms with van der Waals surface area (Å²) in [6, 6.07) is 8.92. The second kappa shape index (κ2) is 7.45. The van der Waals surface area contributed by atoms with Gasteiger partial charge in [-0.15, -0.1) is 0 Å². The lowest BCUT2D eigenvalue weighted by Crippen LogP contribution is -2.21. The molecule has 0 amide bonds. The van der Waals surface area contributed by atoms with E-state index in [1.54, 1.807) is 12.1 Å². The van der Waals surface area contributed by atoms with Crippen molar-refractivity contribution in [2.75, 3.05) is 18.0 Å². The summed E-state index contributed by atoms with van der Waals surface area (Å²) < 4.78 is 0. The van der Waals surface area contributed by atoms with Gasteiger partial charge in [0.05, 0.1) is 11.0 Å². The Bertz CT molecular complexity index is 770. The van der Waals surface area contributed by atoms with E-state index in [1.807, 2.05) is 19.9 Å². The monoisotopic (exact) mass is 329 g/mol. The number of benzene rings is 2. The first kappa shape index (κ1) is 17.3. The highest BCUT2D eigenvalue weighted by molar-refractivity contribution is 5.87. The Morgan fingerprint density at radius 3 is 2.38 bits per heavy atom. The van der Waals surface area contributed by atoms with E-state index >= 15 is 0 Å².